The second-order valence-electron chi connectivity index (χ2n) is 9.07. The Hall–Kier alpha value is -4.31. The SMILES string of the molecule is CCOc1nc(C(F)F)ccc1-c1ccc2cnc(CNC(=O)c3cc(COC(F)F)cc(S(=O)(=O)C(F)F)c3)cc2c1F. The lowest BCUT2D eigenvalue weighted by Gasteiger charge is -2.13. The van der Waals surface area contributed by atoms with Crippen LogP contribution in [0.4, 0.5) is 30.7 Å². The van der Waals surface area contributed by atoms with E-state index in [9.17, 15) is 39.6 Å². The van der Waals surface area contributed by atoms with E-state index in [1.165, 1.54) is 30.5 Å². The molecule has 0 atom stereocenters. The van der Waals surface area contributed by atoms with E-state index in [-0.39, 0.29) is 46.8 Å². The monoisotopic (exact) mass is 645 g/mol. The van der Waals surface area contributed by atoms with Crippen molar-refractivity contribution in [2.45, 2.75) is 43.8 Å². The normalized spacial score (nSPS) is 12.0. The Bertz CT molecular complexity index is 1790. The number of carbonyl (C=O) groups is 1. The number of pyridine rings is 2. The number of hydrogen-bond acceptors (Lipinski definition) is 7. The first kappa shape index (κ1) is 32.6. The van der Waals surface area contributed by atoms with Gasteiger partial charge in [0, 0.05) is 33.7 Å². The minimum Gasteiger partial charge on any atom is -0.478 e. The van der Waals surface area contributed by atoms with Crippen molar-refractivity contribution in [1.29, 1.82) is 0 Å². The molecule has 0 fully saturated rings. The number of benzene rings is 2. The molecule has 0 saturated carbocycles. The fraction of sp³-hybridized carbons (Fsp3) is 0.250. The first-order chi connectivity index (χ1) is 20.8. The zero-order chi connectivity index (χ0) is 32.2. The Morgan fingerprint density at radius 2 is 1.70 bits per heavy atom. The van der Waals surface area contributed by atoms with Crippen LogP contribution in [-0.4, -0.2) is 43.3 Å². The average Bonchev–Trinajstić information content (AvgIpc) is 2.99. The molecule has 0 aliphatic rings. The van der Waals surface area contributed by atoms with Crippen molar-refractivity contribution in [2.24, 2.45) is 0 Å². The van der Waals surface area contributed by atoms with Gasteiger partial charge in [-0.25, -0.2) is 26.6 Å². The first-order valence-electron chi connectivity index (χ1n) is 12.6. The minimum absolute atomic E-state index is 0.00828. The summed E-state index contributed by atoms with van der Waals surface area (Å²) in [5, 5.41) is 2.78. The molecule has 4 rings (SSSR count). The van der Waals surface area contributed by atoms with Crippen molar-refractivity contribution in [3.05, 3.63) is 83.1 Å². The molecule has 1 N–H and O–H groups in total. The Morgan fingerprint density at radius 1 is 0.977 bits per heavy atom. The van der Waals surface area contributed by atoms with Crippen LogP contribution in [0.15, 0.2) is 59.6 Å². The Morgan fingerprint density at radius 3 is 2.36 bits per heavy atom. The molecule has 0 radical (unpaired) electrons. The van der Waals surface area contributed by atoms with Crippen LogP contribution in [0.2, 0.25) is 0 Å². The molecular formula is C28H22F7N3O5S. The lowest BCUT2D eigenvalue weighted by molar-refractivity contribution is -0.137. The van der Waals surface area contributed by atoms with Gasteiger partial charge in [0.25, 0.3) is 12.3 Å². The van der Waals surface area contributed by atoms with E-state index in [0.29, 0.717) is 17.5 Å². The summed E-state index contributed by atoms with van der Waals surface area (Å²) in [7, 11) is -5.19. The predicted molar refractivity (Wildman–Crippen MR) is 143 cm³/mol. The van der Waals surface area contributed by atoms with Crippen LogP contribution >= 0.6 is 0 Å². The number of halogens is 7. The van der Waals surface area contributed by atoms with E-state index in [2.05, 4.69) is 20.0 Å². The van der Waals surface area contributed by atoms with Gasteiger partial charge in [0.1, 0.15) is 11.5 Å². The molecule has 0 spiro atoms. The fourth-order valence-electron chi connectivity index (χ4n) is 4.13. The molecule has 2 aromatic heterocycles. The molecule has 1 amide bonds. The molecule has 2 heterocycles. The van der Waals surface area contributed by atoms with Crippen LogP contribution in [-0.2, 0) is 27.7 Å². The second-order valence-corrected chi connectivity index (χ2v) is 11.0. The Labute approximate surface area is 245 Å². The van der Waals surface area contributed by atoms with Crippen LogP contribution in [0, 0.1) is 5.82 Å². The summed E-state index contributed by atoms with van der Waals surface area (Å²) in [5.41, 5.74) is -1.05. The van der Waals surface area contributed by atoms with Crippen molar-refractivity contribution in [2.75, 3.05) is 6.61 Å². The summed E-state index contributed by atoms with van der Waals surface area (Å²) in [5.74, 6) is -5.77. The number of carbonyl (C=O) groups excluding carboxylic acids is 1. The van der Waals surface area contributed by atoms with Crippen molar-refractivity contribution < 1.29 is 53.4 Å². The summed E-state index contributed by atoms with van der Waals surface area (Å²) >= 11 is 0. The van der Waals surface area contributed by atoms with Crippen molar-refractivity contribution >= 4 is 26.5 Å². The molecule has 0 unspecified atom stereocenters. The maximum atomic E-state index is 15.7. The van der Waals surface area contributed by atoms with Gasteiger partial charge in [-0.1, -0.05) is 12.1 Å². The van der Waals surface area contributed by atoms with E-state index in [1.807, 2.05) is 0 Å². The fourth-order valence-corrected chi connectivity index (χ4v) is 4.94. The Balaban J connectivity index is 1.63. The number of amides is 1. The molecule has 0 saturated heterocycles. The summed E-state index contributed by atoms with van der Waals surface area (Å²) in [6.45, 7) is -2.78. The number of fused-ring (bicyclic) bond motifs is 1. The predicted octanol–water partition coefficient (Wildman–Crippen LogP) is 6.44. The molecule has 0 bridgehead atoms. The van der Waals surface area contributed by atoms with Gasteiger partial charge in [-0.15, -0.1) is 0 Å². The molecule has 4 aromatic rings. The standard InChI is InChI=1S/C28H22F7N3O5S/c1-2-42-26-20(5-6-22(38-26)24(30)31)19-4-3-15-11-36-17(10-21(15)23(19)29)12-37-25(39)16-7-14(13-43-27(32)33)8-18(9-16)44(40,41)28(34)35/h3-11,24,27-28H,2,12-13H2,1H3,(H,37,39). The van der Waals surface area contributed by atoms with E-state index in [4.69, 9.17) is 4.74 Å². The highest BCUT2D eigenvalue weighted by molar-refractivity contribution is 7.91. The number of alkyl halides is 6. The Kier molecular flexibility index (Phi) is 10.0. The molecule has 0 aliphatic heterocycles. The number of nitrogens with zero attached hydrogens (tertiary/aromatic N) is 2. The third kappa shape index (κ3) is 7.24. The molecular weight excluding hydrogens is 623 g/mol. The number of sulfone groups is 1. The van der Waals surface area contributed by atoms with Gasteiger partial charge in [-0.3, -0.25) is 9.78 Å². The topological polar surface area (TPSA) is 107 Å². The highest BCUT2D eigenvalue weighted by Gasteiger charge is 2.28. The van der Waals surface area contributed by atoms with Crippen LogP contribution in [0.1, 0.15) is 40.7 Å². The minimum atomic E-state index is -5.19. The number of hydrogen-bond donors (Lipinski definition) is 1. The third-order valence-electron chi connectivity index (χ3n) is 6.17. The van der Waals surface area contributed by atoms with E-state index in [0.717, 1.165) is 12.1 Å². The van der Waals surface area contributed by atoms with Crippen LogP contribution in [0.5, 0.6) is 5.88 Å². The number of nitrogens with one attached hydrogen (secondary N) is 1. The van der Waals surface area contributed by atoms with Crippen molar-refractivity contribution in [3.63, 3.8) is 0 Å². The van der Waals surface area contributed by atoms with Crippen LogP contribution < -0.4 is 10.1 Å². The molecule has 0 aliphatic carbocycles. The maximum absolute atomic E-state index is 15.7. The van der Waals surface area contributed by atoms with Gasteiger partial charge in [0.05, 0.1) is 30.3 Å². The molecule has 44 heavy (non-hydrogen) atoms. The van der Waals surface area contributed by atoms with Crippen LogP contribution in [0.25, 0.3) is 21.9 Å². The molecule has 234 valence electrons. The van der Waals surface area contributed by atoms with E-state index >= 15 is 4.39 Å². The van der Waals surface area contributed by atoms with Gasteiger partial charge in [0.2, 0.25) is 15.7 Å². The van der Waals surface area contributed by atoms with Gasteiger partial charge < -0.3 is 14.8 Å². The molecule has 16 heteroatoms. The largest absolute Gasteiger partial charge is 0.478 e. The maximum Gasteiger partial charge on any atom is 0.345 e. The molecule has 2 aromatic carbocycles. The lowest BCUT2D eigenvalue weighted by Crippen LogP contribution is -2.24. The van der Waals surface area contributed by atoms with Crippen LogP contribution in [0.3, 0.4) is 0 Å². The highest BCUT2D eigenvalue weighted by atomic mass is 32.2. The van der Waals surface area contributed by atoms with Gasteiger partial charge in [0.15, 0.2) is 0 Å². The number of aromatic nitrogens is 2. The average molecular weight is 646 g/mol. The first-order valence-corrected chi connectivity index (χ1v) is 14.2. The number of ether oxygens (including phenoxy) is 2. The highest BCUT2D eigenvalue weighted by Crippen LogP contribution is 2.35. The summed E-state index contributed by atoms with van der Waals surface area (Å²) < 4.78 is 127. The zero-order valence-electron chi connectivity index (χ0n) is 22.5. The van der Waals surface area contributed by atoms with Gasteiger partial charge in [-0.05, 0) is 48.9 Å². The third-order valence-corrected chi connectivity index (χ3v) is 7.53. The van der Waals surface area contributed by atoms with Gasteiger partial charge in [-0.2, -0.15) is 17.6 Å². The zero-order valence-corrected chi connectivity index (χ0v) is 23.4. The second kappa shape index (κ2) is 13.5. The van der Waals surface area contributed by atoms with E-state index < -0.39 is 63.1 Å². The van der Waals surface area contributed by atoms with E-state index in [1.54, 1.807) is 6.92 Å². The van der Waals surface area contributed by atoms with Gasteiger partial charge >= 0.3 is 12.4 Å². The lowest BCUT2D eigenvalue weighted by atomic mass is 10.0. The van der Waals surface area contributed by atoms with Crippen molar-refractivity contribution in [3.8, 4) is 17.0 Å². The smallest absolute Gasteiger partial charge is 0.345 e. The summed E-state index contributed by atoms with van der Waals surface area (Å²) in [6.07, 6.45) is -1.57. The summed E-state index contributed by atoms with van der Waals surface area (Å²) in [6, 6.07) is 8.88. The molecule has 8 nitrogen and oxygen atoms in total. The summed E-state index contributed by atoms with van der Waals surface area (Å²) in [4.78, 5) is 19.8. The van der Waals surface area contributed by atoms with Crippen molar-refractivity contribution in [1.82, 2.24) is 15.3 Å². The number of rotatable bonds is 12. The quantitative estimate of drug-likeness (QED) is 0.177.